The zero-order chi connectivity index (χ0) is 22.2. The Morgan fingerprint density at radius 3 is 2.53 bits per heavy atom. The molecule has 2 aromatic heterocycles. The summed E-state index contributed by atoms with van der Waals surface area (Å²) >= 11 is 5.95. The fraction of sp³-hybridized carbons (Fsp3) is 0.0769. The third-order valence-corrected chi connectivity index (χ3v) is 5.59. The van der Waals surface area contributed by atoms with Crippen LogP contribution in [-0.2, 0) is 11.2 Å². The fourth-order valence-corrected chi connectivity index (χ4v) is 3.87. The van der Waals surface area contributed by atoms with E-state index in [9.17, 15) is 9.59 Å². The van der Waals surface area contributed by atoms with Gasteiger partial charge in [0.25, 0.3) is 0 Å². The molecule has 32 heavy (non-hydrogen) atoms. The predicted molar refractivity (Wildman–Crippen MR) is 124 cm³/mol. The van der Waals surface area contributed by atoms with Gasteiger partial charge < -0.3 is 14.2 Å². The molecule has 0 fully saturated rings. The SMILES string of the molecule is Cc1ccc2c(CC(=O)Nc3c(C(=O)c4ccc(Cl)cc4)oc4ccccc34)coc2c1. The summed E-state index contributed by atoms with van der Waals surface area (Å²) in [5.41, 5.74) is 3.88. The van der Waals surface area contributed by atoms with Gasteiger partial charge in [0.15, 0.2) is 5.76 Å². The quantitative estimate of drug-likeness (QED) is 0.312. The Hall–Kier alpha value is -3.83. The standard InChI is InChI=1S/C26H18ClNO4/c1-15-6-11-19-17(14-31-22(19)12-15)13-23(29)28-24-20-4-2-3-5-21(20)32-26(24)25(30)16-7-9-18(27)10-8-16/h2-12,14H,13H2,1H3,(H,28,29). The smallest absolute Gasteiger partial charge is 0.230 e. The summed E-state index contributed by atoms with van der Waals surface area (Å²) in [6, 6.07) is 19.6. The molecule has 0 bridgehead atoms. The molecule has 3 aromatic carbocycles. The molecule has 1 N–H and O–H groups in total. The van der Waals surface area contributed by atoms with Gasteiger partial charge in [-0.15, -0.1) is 0 Å². The van der Waals surface area contributed by atoms with E-state index < -0.39 is 0 Å². The molecule has 158 valence electrons. The predicted octanol–water partition coefficient (Wildman–Crippen LogP) is 6.55. The van der Waals surface area contributed by atoms with Crippen molar-refractivity contribution in [1.29, 1.82) is 0 Å². The first-order valence-electron chi connectivity index (χ1n) is 10.1. The molecule has 0 saturated carbocycles. The highest BCUT2D eigenvalue weighted by Crippen LogP contribution is 2.33. The first-order chi connectivity index (χ1) is 15.5. The van der Waals surface area contributed by atoms with Gasteiger partial charge in [-0.1, -0.05) is 35.9 Å². The zero-order valence-corrected chi connectivity index (χ0v) is 17.9. The van der Waals surface area contributed by atoms with Crippen molar-refractivity contribution in [2.24, 2.45) is 0 Å². The molecule has 0 atom stereocenters. The van der Waals surface area contributed by atoms with Crippen LogP contribution < -0.4 is 5.32 Å². The molecule has 0 saturated heterocycles. The van der Waals surface area contributed by atoms with Gasteiger partial charge in [-0.2, -0.15) is 0 Å². The van der Waals surface area contributed by atoms with E-state index in [1.54, 1.807) is 36.6 Å². The maximum absolute atomic E-state index is 13.2. The largest absolute Gasteiger partial charge is 0.464 e. The van der Waals surface area contributed by atoms with Gasteiger partial charge >= 0.3 is 0 Å². The van der Waals surface area contributed by atoms with Crippen molar-refractivity contribution in [3.63, 3.8) is 0 Å². The molecule has 0 radical (unpaired) electrons. The summed E-state index contributed by atoms with van der Waals surface area (Å²) in [5, 5.41) is 4.97. The monoisotopic (exact) mass is 443 g/mol. The van der Waals surface area contributed by atoms with Gasteiger partial charge in [0.05, 0.1) is 18.4 Å². The lowest BCUT2D eigenvalue weighted by atomic mass is 10.1. The molecule has 0 aliphatic heterocycles. The van der Waals surface area contributed by atoms with Gasteiger partial charge in [0.1, 0.15) is 11.2 Å². The maximum Gasteiger partial charge on any atom is 0.230 e. The lowest BCUT2D eigenvalue weighted by Crippen LogP contribution is -2.16. The van der Waals surface area contributed by atoms with E-state index >= 15 is 0 Å². The van der Waals surface area contributed by atoms with Crippen molar-refractivity contribution in [3.05, 3.63) is 100 Å². The van der Waals surface area contributed by atoms with Crippen LogP contribution in [0.3, 0.4) is 0 Å². The van der Waals surface area contributed by atoms with Crippen molar-refractivity contribution in [2.75, 3.05) is 5.32 Å². The zero-order valence-electron chi connectivity index (χ0n) is 17.1. The van der Waals surface area contributed by atoms with Crippen LogP contribution in [0.2, 0.25) is 5.02 Å². The number of amides is 1. The number of para-hydroxylation sites is 1. The maximum atomic E-state index is 13.2. The number of fused-ring (bicyclic) bond motifs is 2. The first kappa shape index (κ1) is 20.1. The molecule has 1 amide bonds. The minimum absolute atomic E-state index is 0.0783. The third-order valence-electron chi connectivity index (χ3n) is 5.33. The van der Waals surface area contributed by atoms with Gasteiger partial charge in [-0.25, -0.2) is 0 Å². The Bertz CT molecular complexity index is 1480. The number of rotatable bonds is 5. The molecule has 5 aromatic rings. The third kappa shape index (κ3) is 3.67. The van der Waals surface area contributed by atoms with Gasteiger partial charge in [0, 0.05) is 26.9 Å². The number of nitrogens with one attached hydrogen (secondary N) is 1. The second kappa shape index (κ2) is 8.02. The highest BCUT2D eigenvalue weighted by Gasteiger charge is 2.24. The van der Waals surface area contributed by atoms with E-state index in [1.807, 2.05) is 43.3 Å². The fourth-order valence-electron chi connectivity index (χ4n) is 3.75. The summed E-state index contributed by atoms with van der Waals surface area (Å²) in [7, 11) is 0. The van der Waals surface area contributed by atoms with Gasteiger partial charge in [0.2, 0.25) is 11.7 Å². The van der Waals surface area contributed by atoms with Crippen molar-refractivity contribution in [1.82, 2.24) is 0 Å². The number of carbonyl (C=O) groups excluding carboxylic acids is 2. The average Bonchev–Trinajstić information content (AvgIpc) is 3.35. The van der Waals surface area contributed by atoms with Crippen LogP contribution >= 0.6 is 11.6 Å². The first-order valence-corrected chi connectivity index (χ1v) is 10.5. The summed E-state index contributed by atoms with van der Waals surface area (Å²) in [6.45, 7) is 1.98. The number of carbonyl (C=O) groups is 2. The highest BCUT2D eigenvalue weighted by molar-refractivity contribution is 6.30. The van der Waals surface area contributed by atoms with Crippen LogP contribution in [0.15, 0.2) is 81.8 Å². The Morgan fingerprint density at radius 2 is 1.72 bits per heavy atom. The molecule has 5 nitrogen and oxygen atoms in total. The minimum Gasteiger partial charge on any atom is -0.464 e. The summed E-state index contributed by atoms with van der Waals surface area (Å²) in [6.07, 6.45) is 1.70. The molecule has 6 heteroatoms. The number of ketones is 1. The van der Waals surface area contributed by atoms with Crippen LogP contribution in [0, 0.1) is 6.92 Å². The lowest BCUT2D eigenvalue weighted by molar-refractivity contribution is -0.115. The van der Waals surface area contributed by atoms with E-state index in [2.05, 4.69) is 5.32 Å². The number of halogens is 1. The highest BCUT2D eigenvalue weighted by atomic mass is 35.5. The van der Waals surface area contributed by atoms with E-state index in [1.165, 1.54) is 0 Å². The number of aryl methyl sites for hydroxylation is 1. The Kier molecular flexibility index (Phi) is 5.04. The second-order valence-electron chi connectivity index (χ2n) is 7.62. The van der Waals surface area contributed by atoms with Gasteiger partial charge in [-0.3, -0.25) is 9.59 Å². The molecule has 0 aliphatic carbocycles. The Balaban J connectivity index is 1.48. The molecular weight excluding hydrogens is 426 g/mol. The van der Waals surface area contributed by atoms with Crippen molar-refractivity contribution >= 4 is 50.9 Å². The number of hydrogen-bond donors (Lipinski definition) is 1. The summed E-state index contributed by atoms with van der Waals surface area (Å²) < 4.78 is 11.5. The van der Waals surface area contributed by atoms with E-state index in [4.69, 9.17) is 20.4 Å². The topological polar surface area (TPSA) is 72.5 Å². The molecule has 2 heterocycles. The number of anilines is 1. The Morgan fingerprint density at radius 1 is 0.938 bits per heavy atom. The summed E-state index contributed by atoms with van der Waals surface area (Å²) in [5.74, 6) is -0.531. The van der Waals surface area contributed by atoms with Crippen LogP contribution in [0.25, 0.3) is 21.9 Å². The normalized spacial score (nSPS) is 11.2. The molecule has 0 spiro atoms. The van der Waals surface area contributed by atoms with Crippen LogP contribution in [-0.4, -0.2) is 11.7 Å². The number of benzene rings is 3. The van der Waals surface area contributed by atoms with Crippen molar-refractivity contribution in [3.8, 4) is 0 Å². The van der Waals surface area contributed by atoms with E-state index in [0.29, 0.717) is 27.2 Å². The Labute approximate surface area is 188 Å². The molecule has 5 rings (SSSR count). The van der Waals surface area contributed by atoms with E-state index in [-0.39, 0.29) is 23.9 Å². The summed E-state index contributed by atoms with van der Waals surface area (Å²) in [4.78, 5) is 26.1. The second-order valence-corrected chi connectivity index (χ2v) is 8.06. The van der Waals surface area contributed by atoms with Crippen molar-refractivity contribution in [2.45, 2.75) is 13.3 Å². The molecule has 0 aliphatic rings. The van der Waals surface area contributed by atoms with Crippen LogP contribution in [0.5, 0.6) is 0 Å². The van der Waals surface area contributed by atoms with Crippen molar-refractivity contribution < 1.29 is 18.4 Å². The van der Waals surface area contributed by atoms with E-state index in [0.717, 1.165) is 22.1 Å². The molecule has 0 unspecified atom stereocenters. The van der Waals surface area contributed by atoms with Gasteiger partial charge in [-0.05, 0) is 55.0 Å². The molecular formula is C26H18ClNO4. The lowest BCUT2D eigenvalue weighted by Gasteiger charge is -2.06. The van der Waals surface area contributed by atoms with Crippen LogP contribution in [0.1, 0.15) is 27.2 Å². The number of furan rings is 2. The van der Waals surface area contributed by atoms with Crippen LogP contribution in [0.4, 0.5) is 5.69 Å². The number of hydrogen-bond acceptors (Lipinski definition) is 4. The average molecular weight is 444 g/mol. The minimum atomic E-state index is -0.336.